The number of hydrogen-bond donors (Lipinski definition) is 0. The molecular weight excluding hydrogens is 374 g/mol. The number of piperidine rings is 1. The summed E-state index contributed by atoms with van der Waals surface area (Å²) in [5, 5.41) is 0. The molecule has 4 rings (SSSR count). The van der Waals surface area contributed by atoms with Crippen LogP contribution in [0, 0.1) is 5.92 Å². The molecule has 1 aromatic heterocycles. The van der Waals surface area contributed by atoms with Gasteiger partial charge in [0, 0.05) is 32.4 Å². The number of hydrogen-bond acceptors (Lipinski definition) is 5. The molecule has 2 saturated heterocycles. The van der Waals surface area contributed by atoms with E-state index in [-0.39, 0.29) is 4.90 Å². The number of ether oxygens (including phenoxy) is 1. The van der Waals surface area contributed by atoms with Gasteiger partial charge in [0.25, 0.3) is 0 Å². The largest absolute Gasteiger partial charge is 0.379 e. The van der Waals surface area contributed by atoms with Crippen molar-refractivity contribution in [2.75, 3.05) is 44.3 Å². The third-order valence-electron chi connectivity index (χ3n) is 5.63. The number of pyridine rings is 1. The van der Waals surface area contributed by atoms with Crippen LogP contribution < -0.4 is 4.90 Å². The third kappa shape index (κ3) is 4.37. The molecule has 6 nitrogen and oxygen atoms in total. The smallest absolute Gasteiger partial charge is 0.244 e. The van der Waals surface area contributed by atoms with Crippen LogP contribution >= 0.6 is 0 Å². The van der Waals surface area contributed by atoms with Crippen LogP contribution in [0.1, 0.15) is 18.4 Å². The minimum absolute atomic E-state index is 0.261. The van der Waals surface area contributed by atoms with Gasteiger partial charge in [-0.25, -0.2) is 13.4 Å². The summed E-state index contributed by atoms with van der Waals surface area (Å²) < 4.78 is 32.1. The lowest BCUT2D eigenvalue weighted by Crippen LogP contribution is -2.40. The van der Waals surface area contributed by atoms with Crippen molar-refractivity contribution < 1.29 is 13.2 Å². The Morgan fingerprint density at radius 3 is 2.32 bits per heavy atom. The molecule has 0 atom stereocenters. The fourth-order valence-electron chi connectivity index (χ4n) is 3.96. The van der Waals surface area contributed by atoms with Crippen molar-refractivity contribution in [2.45, 2.75) is 24.2 Å². The molecule has 0 saturated carbocycles. The van der Waals surface area contributed by atoms with Crippen LogP contribution in [0.15, 0.2) is 53.6 Å². The lowest BCUT2D eigenvalue weighted by molar-refractivity contribution is 0.0730. The summed E-state index contributed by atoms with van der Waals surface area (Å²) in [6.07, 6.45) is 4.88. The van der Waals surface area contributed by atoms with Gasteiger partial charge in [0.05, 0.1) is 13.2 Å². The van der Waals surface area contributed by atoms with Gasteiger partial charge in [0.15, 0.2) is 0 Å². The number of nitrogens with zero attached hydrogens (tertiary/aromatic N) is 3. The second kappa shape index (κ2) is 8.59. The van der Waals surface area contributed by atoms with E-state index in [2.05, 4.69) is 40.2 Å². The van der Waals surface area contributed by atoms with Gasteiger partial charge in [-0.05, 0) is 42.9 Å². The van der Waals surface area contributed by atoms with Gasteiger partial charge in [0.1, 0.15) is 10.7 Å². The molecular formula is C21H27N3O3S. The lowest BCUT2D eigenvalue weighted by atomic mass is 9.90. The first-order valence-corrected chi connectivity index (χ1v) is 11.4. The third-order valence-corrected chi connectivity index (χ3v) is 7.52. The number of benzene rings is 1. The van der Waals surface area contributed by atoms with Crippen LogP contribution in [0.5, 0.6) is 0 Å². The van der Waals surface area contributed by atoms with E-state index < -0.39 is 10.0 Å². The topological polar surface area (TPSA) is 62.7 Å². The van der Waals surface area contributed by atoms with Gasteiger partial charge in [-0.1, -0.05) is 30.3 Å². The summed E-state index contributed by atoms with van der Waals surface area (Å²) >= 11 is 0. The summed E-state index contributed by atoms with van der Waals surface area (Å²) in [5.41, 5.74) is 1.40. The van der Waals surface area contributed by atoms with Crippen LogP contribution in [0.3, 0.4) is 0 Å². The van der Waals surface area contributed by atoms with Gasteiger partial charge in [0.2, 0.25) is 10.0 Å². The molecule has 0 amide bonds. The standard InChI is InChI=1S/C21H27N3O3S/c25-28(26,24-12-14-27-15-13-24)20-6-7-21(22-17-20)23-10-8-19(9-11-23)16-18-4-2-1-3-5-18/h1-7,17,19H,8-16H2. The molecule has 1 aromatic carbocycles. The lowest BCUT2D eigenvalue weighted by Gasteiger charge is -2.33. The molecule has 3 heterocycles. The van der Waals surface area contributed by atoms with E-state index in [9.17, 15) is 8.42 Å². The van der Waals surface area contributed by atoms with Crippen LogP contribution in [0.25, 0.3) is 0 Å². The number of anilines is 1. The van der Waals surface area contributed by atoms with E-state index in [4.69, 9.17) is 4.74 Å². The minimum Gasteiger partial charge on any atom is -0.379 e. The molecule has 150 valence electrons. The number of rotatable bonds is 5. The Hall–Kier alpha value is -1.96. The minimum atomic E-state index is -3.48. The van der Waals surface area contributed by atoms with Crippen LogP contribution in [-0.4, -0.2) is 57.1 Å². The maximum Gasteiger partial charge on any atom is 0.244 e. The summed E-state index contributed by atoms with van der Waals surface area (Å²) in [5.74, 6) is 1.55. The summed E-state index contributed by atoms with van der Waals surface area (Å²) in [4.78, 5) is 6.98. The second-order valence-electron chi connectivity index (χ2n) is 7.49. The molecule has 0 aliphatic carbocycles. The second-order valence-corrected chi connectivity index (χ2v) is 9.43. The average molecular weight is 402 g/mol. The highest BCUT2D eigenvalue weighted by atomic mass is 32.2. The zero-order valence-corrected chi connectivity index (χ0v) is 16.9. The molecule has 0 radical (unpaired) electrons. The summed E-state index contributed by atoms with van der Waals surface area (Å²) in [6, 6.07) is 14.2. The van der Waals surface area contributed by atoms with E-state index in [1.165, 1.54) is 16.1 Å². The van der Waals surface area contributed by atoms with Crippen molar-refractivity contribution in [3.05, 3.63) is 54.2 Å². The monoisotopic (exact) mass is 401 g/mol. The van der Waals surface area contributed by atoms with Crippen molar-refractivity contribution >= 4 is 15.8 Å². The Morgan fingerprint density at radius 2 is 1.68 bits per heavy atom. The molecule has 0 unspecified atom stereocenters. The number of morpholine rings is 1. The van der Waals surface area contributed by atoms with Crippen LogP contribution in [-0.2, 0) is 21.2 Å². The Bertz CT molecular complexity index is 858. The Labute approximate surface area is 167 Å². The molecule has 2 aromatic rings. The zero-order valence-electron chi connectivity index (χ0n) is 16.0. The first-order chi connectivity index (χ1) is 13.6. The fourth-order valence-corrected chi connectivity index (χ4v) is 5.32. The normalized spacial score (nSPS) is 19.6. The molecule has 7 heteroatoms. The van der Waals surface area contributed by atoms with Crippen molar-refractivity contribution in [3.8, 4) is 0 Å². The van der Waals surface area contributed by atoms with Crippen molar-refractivity contribution in [2.24, 2.45) is 5.92 Å². The molecule has 2 aliphatic rings. The molecule has 28 heavy (non-hydrogen) atoms. The maximum atomic E-state index is 12.7. The highest BCUT2D eigenvalue weighted by Crippen LogP contribution is 2.26. The van der Waals surface area contributed by atoms with Gasteiger partial charge >= 0.3 is 0 Å². The van der Waals surface area contributed by atoms with Crippen molar-refractivity contribution in [1.82, 2.24) is 9.29 Å². The SMILES string of the molecule is O=S(=O)(c1ccc(N2CCC(Cc3ccccc3)CC2)nc1)N1CCOCC1. The quantitative estimate of drug-likeness (QED) is 0.771. The van der Waals surface area contributed by atoms with Gasteiger partial charge in [-0.2, -0.15) is 4.31 Å². The predicted octanol–water partition coefficient (Wildman–Crippen LogP) is 2.56. The molecule has 0 bridgehead atoms. The van der Waals surface area contributed by atoms with E-state index in [0.717, 1.165) is 38.2 Å². The Balaban J connectivity index is 1.36. The van der Waals surface area contributed by atoms with E-state index >= 15 is 0 Å². The summed E-state index contributed by atoms with van der Waals surface area (Å²) in [7, 11) is -3.48. The van der Waals surface area contributed by atoms with Crippen molar-refractivity contribution in [3.63, 3.8) is 0 Å². The average Bonchev–Trinajstić information content (AvgIpc) is 2.76. The Morgan fingerprint density at radius 1 is 0.964 bits per heavy atom. The van der Waals surface area contributed by atoms with Crippen molar-refractivity contribution in [1.29, 1.82) is 0 Å². The first-order valence-electron chi connectivity index (χ1n) is 9.96. The first kappa shape index (κ1) is 19.4. The van der Waals surface area contributed by atoms with Crippen LogP contribution in [0.2, 0.25) is 0 Å². The number of sulfonamides is 1. The highest BCUT2D eigenvalue weighted by molar-refractivity contribution is 7.89. The Kier molecular flexibility index (Phi) is 5.94. The highest BCUT2D eigenvalue weighted by Gasteiger charge is 2.27. The summed E-state index contributed by atoms with van der Waals surface area (Å²) in [6.45, 7) is 3.61. The van der Waals surface area contributed by atoms with Crippen LogP contribution in [0.4, 0.5) is 5.82 Å². The zero-order chi connectivity index (χ0) is 19.4. The predicted molar refractivity (Wildman–Crippen MR) is 109 cm³/mol. The molecule has 2 aliphatic heterocycles. The maximum absolute atomic E-state index is 12.7. The van der Waals surface area contributed by atoms with E-state index in [1.54, 1.807) is 6.07 Å². The van der Waals surface area contributed by atoms with Gasteiger partial charge in [-0.3, -0.25) is 0 Å². The van der Waals surface area contributed by atoms with Gasteiger partial charge < -0.3 is 9.64 Å². The molecule has 0 spiro atoms. The molecule has 2 fully saturated rings. The van der Waals surface area contributed by atoms with E-state index in [0.29, 0.717) is 32.2 Å². The van der Waals surface area contributed by atoms with E-state index in [1.807, 2.05) is 6.07 Å². The van der Waals surface area contributed by atoms with Gasteiger partial charge in [-0.15, -0.1) is 0 Å². The number of aromatic nitrogens is 1. The molecule has 0 N–H and O–H groups in total. The fraction of sp³-hybridized carbons (Fsp3) is 0.476.